The van der Waals surface area contributed by atoms with Gasteiger partial charge in [0, 0.05) is 18.7 Å². The summed E-state index contributed by atoms with van der Waals surface area (Å²) in [6.07, 6.45) is 3.07. The first-order valence-electron chi connectivity index (χ1n) is 8.87. The Labute approximate surface area is 161 Å². The molecule has 0 fully saturated rings. The zero-order chi connectivity index (χ0) is 18.8. The zero-order valence-electron chi connectivity index (χ0n) is 15.1. The third kappa shape index (κ3) is 3.53. The molecule has 0 spiro atoms. The molecule has 0 N–H and O–H groups in total. The third-order valence-electron chi connectivity index (χ3n) is 4.50. The largest absolute Gasteiger partial charge is 0.454 e. The van der Waals surface area contributed by atoms with Gasteiger partial charge in [0.05, 0.1) is 16.6 Å². The number of benzene rings is 2. The summed E-state index contributed by atoms with van der Waals surface area (Å²) in [5.41, 5.74) is 3.19. The molecule has 27 heavy (non-hydrogen) atoms. The second kappa shape index (κ2) is 7.40. The van der Waals surface area contributed by atoms with Gasteiger partial charge in [-0.15, -0.1) is 6.58 Å². The van der Waals surface area contributed by atoms with Gasteiger partial charge in [-0.25, -0.2) is 0 Å². The Balaban J connectivity index is 1.69. The Hall–Kier alpha value is -2.86. The van der Waals surface area contributed by atoms with Crippen molar-refractivity contribution in [2.24, 2.45) is 4.99 Å². The Kier molecular flexibility index (Phi) is 4.81. The van der Waals surface area contributed by atoms with Crippen molar-refractivity contribution >= 4 is 27.5 Å². The van der Waals surface area contributed by atoms with Gasteiger partial charge >= 0.3 is 0 Å². The molecule has 138 valence electrons. The standard InChI is InChI=1S/C21H20N2O3S/c1-3-9-23-16-11-17-18(26-13-25-17)12-19(16)27-21(23)22-20(24)10-15-7-5-14(4-2)6-8-15/h3,5-8,11-12H,1,4,9-10,13H2,2H3. The van der Waals surface area contributed by atoms with E-state index in [-0.39, 0.29) is 19.1 Å². The van der Waals surface area contributed by atoms with Crippen LogP contribution in [0.2, 0.25) is 0 Å². The monoisotopic (exact) mass is 380 g/mol. The van der Waals surface area contributed by atoms with Gasteiger partial charge in [-0.05, 0) is 17.5 Å². The number of rotatable bonds is 5. The predicted molar refractivity (Wildman–Crippen MR) is 106 cm³/mol. The number of fused-ring (bicyclic) bond motifs is 2. The molecule has 0 saturated carbocycles. The SMILES string of the molecule is C=CCn1c(=NC(=O)Cc2ccc(CC)cc2)sc2cc3c(cc21)OCO3. The van der Waals surface area contributed by atoms with Crippen LogP contribution in [0.25, 0.3) is 10.2 Å². The molecule has 0 aliphatic carbocycles. The van der Waals surface area contributed by atoms with Gasteiger partial charge in [-0.1, -0.05) is 48.6 Å². The van der Waals surface area contributed by atoms with Crippen LogP contribution in [0.4, 0.5) is 0 Å². The number of hydrogen-bond donors (Lipinski definition) is 0. The highest BCUT2D eigenvalue weighted by atomic mass is 32.1. The van der Waals surface area contributed by atoms with Gasteiger partial charge in [0.25, 0.3) is 5.91 Å². The van der Waals surface area contributed by atoms with Gasteiger partial charge in [-0.2, -0.15) is 4.99 Å². The average Bonchev–Trinajstić information content (AvgIpc) is 3.25. The molecule has 3 aromatic rings. The maximum Gasteiger partial charge on any atom is 0.252 e. The molecule has 0 radical (unpaired) electrons. The van der Waals surface area contributed by atoms with Gasteiger partial charge in [-0.3, -0.25) is 4.79 Å². The van der Waals surface area contributed by atoms with Gasteiger partial charge in [0.15, 0.2) is 16.3 Å². The van der Waals surface area contributed by atoms with E-state index in [1.165, 1.54) is 16.9 Å². The summed E-state index contributed by atoms with van der Waals surface area (Å²) in [6.45, 7) is 6.74. The summed E-state index contributed by atoms with van der Waals surface area (Å²) < 4.78 is 13.9. The molecule has 4 rings (SSSR count). The summed E-state index contributed by atoms with van der Waals surface area (Å²) >= 11 is 1.47. The fourth-order valence-corrected chi connectivity index (χ4v) is 4.13. The minimum absolute atomic E-state index is 0.163. The molecular formula is C21H20N2O3S. The molecular weight excluding hydrogens is 360 g/mol. The van der Waals surface area contributed by atoms with E-state index < -0.39 is 0 Å². The van der Waals surface area contributed by atoms with Crippen molar-refractivity contribution in [3.63, 3.8) is 0 Å². The lowest BCUT2D eigenvalue weighted by molar-refractivity contribution is -0.117. The van der Waals surface area contributed by atoms with Crippen LogP contribution >= 0.6 is 11.3 Å². The minimum atomic E-state index is -0.163. The lowest BCUT2D eigenvalue weighted by Crippen LogP contribution is -2.16. The highest BCUT2D eigenvalue weighted by Crippen LogP contribution is 2.36. The summed E-state index contributed by atoms with van der Waals surface area (Å²) in [7, 11) is 0. The second-order valence-electron chi connectivity index (χ2n) is 6.31. The maximum atomic E-state index is 12.5. The van der Waals surface area contributed by atoms with Crippen molar-refractivity contribution in [1.29, 1.82) is 0 Å². The topological polar surface area (TPSA) is 52.8 Å². The summed E-state index contributed by atoms with van der Waals surface area (Å²) in [4.78, 5) is 17.5. The molecule has 0 bridgehead atoms. The van der Waals surface area contributed by atoms with E-state index in [9.17, 15) is 4.79 Å². The van der Waals surface area contributed by atoms with Crippen molar-refractivity contribution in [2.75, 3.05) is 6.79 Å². The fourth-order valence-electron chi connectivity index (χ4n) is 3.06. The Morgan fingerprint density at radius 1 is 1.22 bits per heavy atom. The molecule has 5 nitrogen and oxygen atoms in total. The number of allylic oxidation sites excluding steroid dienone is 1. The number of carbonyl (C=O) groups excluding carboxylic acids is 1. The van der Waals surface area contributed by atoms with Crippen LogP contribution in [-0.2, 0) is 24.2 Å². The summed E-state index contributed by atoms with van der Waals surface area (Å²) in [5, 5.41) is 0. The molecule has 1 aliphatic rings. The quantitative estimate of drug-likeness (QED) is 0.632. The predicted octanol–water partition coefficient (Wildman–Crippen LogP) is 3.85. The van der Waals surface area contributed by atoms with E-state index in [2.05, 4.69) is 30.6 Å². The Bertz CT molecular complexity index is 1080. The molecule has 2 aromatic carbocycles. The molecule has 6 heteroatoms. The van der Waals surface area contributed by atoms with Crippen LogP contribution in [0.5, 0.6) is 11.5 Å². The van der Waals surface area contributed by atoms with Crippen LogP contribution < -0.4 is 14.3 Å². The van der Waals surface area contributed by atoms with Crippen LogP contribution in [0.15, 0.2) is 54.0 Å². The molecule has 1 aliphatic heterocycles. The highest BCUT2D eigenvalue weighted by Gasteiger charge is 2.17. The average molecular weight is 380 g/mol. The minimum Gasteiger partial charge on any atom is -0.454 e. The first-order valence-corrected chi connectivity index (χ1v) is 9.69. The van der Waals surface area contributed by atoms with Gasteiger partial charge in [0.1, 0.15) is 0 Å². The van der Waals surface area contributed by atoms with Crippen LogP contribution in [0.3, 0.4) is 0 Å². The Morgan fingerprint density at radius 3 is 2.63 bits per heavy atom. The maximum absolute atomic E-state index is 12.5. The van der Waals surface area contributed by atoms with Crippen molar-refractivity contribution < 1.29 is 14.3 Å². The second-order valence-corrected chi connectivity index (χ2v) is 7.32. The molecule has 1 aromatic heterocycles. The fraction of sp³-hybridized carbons (Fsp3) is 0.238. The lowest BCUT2D eigenvalue weighted by atomic mass is 10.1. The first kappa shape index (κ1) is 17.5. The highest BCUT2D eigenvalue weighted by molar-refractivity contribution is 7.16. The van der Waals surface area contributed by atoms with Gasteiger partial charge in [0.2, 0.25) is 6.79 Å². The van der Waals surface area contributed by atoms with E-state index in [0.717, 1.165) is 28.0 Å². The number of aromatic nitrogens is 1. The number of carbonyl (C=O) groups is 1. The van der Waals surface area contributed by atoms with Crippen LogP contribution in [0, 0.1) is 0 Å². The molecule has 1 amide bonds. The van der Waals surface area contributed by atoms with Crippen molar-refractivity contribution in [2.45, 2.75) is 26.3 Å². The summed E-state index contributed by atoms with van der Waals surface area (Å²) in [5.74, 6) is 1.28. The molecule has 2 heterocycles. The van der Waals surface area contributed by atoms with Crippen LogP contribution in [-0.4, -0.2) is 17.3 Å². The molecule has 0 atom stereocenters. The lowest BCUT2D eigenvalue weighted by Gasteiger charge is -2.02. The van der Waals surface area contributed by atoms with E-state index in [4.69, 9.17) is 9.47 Å². The summed E-state index contributed by atoms with van der Waals surface area (Å²) in [6, 6.07) is 12.0. The van der Waals surface area contributed by atoms with E-state index in [1.807, 2.05) is 28.8 Å². The zero-order valence-corrected chi connectivity index (χ0v) is 15.9. The van der Waals surface area contributed by atoms with E-state index in [0.29, 0.717) is 17.1 Å². The number of thiazole rings is 1. The number of hydrogen-bond acceptors (Lipinski definition) is 4. The third-order valence-corrected chi connectivity index (χ3v) is 5.54. The molecule has 0 saturated heterocycles. The number of ether oxygens (including phenoxy) is 2. The normalized spacial score (nSPS) is 13.3. The van der Waals surface area contributed by atoms with Crippen molar-refractivity contribution in [3.05, 3.63) is 65.0 Å². The van der Waals surface area contributed by atoms with E-state index in [1.54, 1.807) is 6.08 Å². The number of nitrogens with zero attached hydrogens (tertiary/aromatic N) is 2. The van der Waals surface area contributed by atoms with Crippen LogP contribution in [0.1, 0.15) is 18.1 Å². The first-order chi connectivity index (χ1) is 13.2. The van der Waals surface area contributed by atoms with Crippen molar-refractivity contribution in [3.8, 4) is 11.5 Å². The Morgan fingerprint density at radius 2 is 1.93 bits per heavy atom. The van der Waals surface area contributed by atoms with E-state index >= 15 is 0 Å². The van der Waals surface area contributed by atoms with Gasteiger partial charge < -0.3 is 14.0 Å². The molecule has 0 unspecified atom stereocenters. The van der Waals surface area contributed by atoms with Crippen molar-refractivity contribution in [1.82, 2.24) is 4.57 Å². The smallest absolute Gasteiger partial charge is 0.252 e. The number of amides is 1. The number of aryl methyl sites for hydroxylation is 1.